The second-order valence-corrected chi connectivity index (χ2v) is 7.25. The van der Waals surface area contributed by atoms with Crippen LogP contribution in [0.15, 0.2) is 70.7 Å². The van der Waals surface area contributed by atoms with Gasteiger partial charge in [-0.2, -0.15) is 0 Å². The highest BCUT2D eigenvalue weighted by Gasteiger charge is 2.36. The summed E-state index contributed by atoms with van der Waals surface area (Å²) in [6.07, 6.45) is 1.36. The van der Waals surface area contributed by atoms with Crippen molar-refractivity contribution in [1.29, 1.82) is 0 Å². The van der Waals surface area contributed by atoms with Crippen molar-refractivity contribution in [1.82, 2.24) is 5.32 Å². The molecule has 1 fully saturated rings. The predicted octanol–water partition coefficient (Wildman–Crippen LogP) is 3.32. The van der Waals surface area contributed by atoms with E-state index in [1.807, 2.05) is 0 Å². The molecule has 1 aromatic heterocycles. The van der Waals surface area contributed by atoms with Gasteiger partial charge in [0.2, 0.25) is 5.76 Å². The minimum Gasteiger partial charge on any atom is -0.493 e. The number of barbiturate groups is 1. The largest absolute Gasteiger partial charge is 0.493 e. The number of rotatable bonds is 7. The van der Waals surface area contributed by atoms with Crippen LogP contribution in [0, 0.1) is 0 Å². The molecule has 1 N–H and O–H groups in total. The molecule has 4 rings (SSSR count). The number of furan rings is 1. The van der Waals surface area contributed by atoms with Crippen molar-refractivity contribution in [3.05, 3.63) is 83.3 Å². The summed E-state index contributed by atoms with van der Waals surface area (Å²) in [5.41, 5.74) is 0.596. The summed E-state index contributed by atoms with van der Waals surface area (Å²) >= 11 is 0. The molecule has 35 heavy (non-hydrogen) atoms. The topological polar surface area (TPSA) is 124 Å². The Morgan fingerprint density at radius 1 is 1.00 bits per heavy atom. The van der Waals surface area contributed by atoms with Crippen molar-refractivity contribution in [2.45, 2.75) is 6.61 Å². The molecule has 2 aromatic carbocycles. The Balaban J connectivity index is 1.55. The van der Waals surface area contributed by atoms with Gasteiger partial charge >= 0.3 is 12.0 Å². The first-order valence-electron chi connectivity index (χ1n) is 10.4. The minimum absolute atomic E-state index is 0.0167. The molecular weight excluding hydrogens is 456 g/mol. The van der Waals surface area contributed by atoms with Gasteiger partial charge in [0.05, 0.1) is 19.9 Å². The summed E-state index contributed by atoms with van der Waals surface area (Å²) in [5, 5.41) is 2.18. The molecule has 178 valence electrons. The lowest BCUT2D eigenvalue weighted by Gasteiger charge is -2.26. The summed E-state index contributed by atoms with van der Waals surface area (Å²) in [7, 11) is 2.69. The Hall–Kier alpha value is -4.86. The molecule has 0 bridgehead atoms. The number of esters is 1. The average Bonchev–Trinajstić information content (AvgIpc) is 3.34. The number of ether oxygens (including phenoxy) is 3. The Morgan fingerprint density at radius 2 is 1.77 bits per heavy atom. The molecule has 2 heterocycles. The number of carbonyl (C=O) groups excluding carboxylic acids is 4. The molecule has 0 spiro atoms. The predicted molar refractivity (Wildman–Crippen MR) is 123 cm³/mol. The fourth-order valence-electron chi connectivity index (χ4n) is 3.34. The second kappa shape index (κ2) is 9.96. The SMILES string of the molecule is COC(=O)c1ccc(COc2ccc(C=C3C(=O)NC(=O)N(c4ccccc4)C3=O)cc2OC)o1. The Labute approximate surface area is 199 Å². The van der Waals surface area contributed by atoms with Crippen LogP contribution < -0.4 is 19.7 Å². The van der Waals surface area contributed by atoms with Crippen LogP contribution in [0.1, 0.15) is 21.9 Å². The van der Waals surface area contributed by atoms with E-state index in [0.717, 1.165) is 4.90 Å². The lowest BCUT2D eigenvalue weighted by molar-refractivity contribution is -0.122. The van der Waals surface area contributed by atoms with Gasteiger partial charge in [-0.1, -0.05) is 24.3 Å². The maximum absolute atomic E-state index is 13.0. The van der Waals surface area contributed by atoms with Crippen molar-refractivity contribution in [2.75, 3.05) is 19.1 Å². The molecule has 1 aliphatic heterocycles. The van der Waals surface area contributed by atoms with Crippen molar-refractivity contribution in [2.24, 2.45) is 0 Å². The summed E-state index contributed by atoms with van der Waals surface area (Å²) < 4.78 is 21.1. The fourth-order valence-corrected chi connectivity index (χ4v) is 3.34. The molecule has 0 aliphatic carbocycles. The highest BCUT2D eigenvalue weighted by Crippen LogP contribution is 2.30. The number of anilines is 1. The standard InChI is InChI=1S/C25H20N2O8/c1-32-21-13-15(8-10-19(21)34-14-17-9-11-20(35-17)24(30)33-2)12-18-22(28)26-25(31)27(23(18)29)16-6-4-3-5-7-16/h3-13H,14H2,1-2H3,(H,26,28,31). The van der Waals surface area contributed by atoms with Crippen LogP contribution in [0.4, 0.5) is 10.5 Å². The smallest absolute Gasteiger partial charge is 0.373 e. The molecule has 0 radical (unpaired) electrons. The lowest BCUT2D eigenvalue weighted by atomic mass is 10.1. The molecule has 0 atom stereocenters. The summed E-state index contributed by atoms with van der Waals surface area (Å²) in [6, 6.07) is 15.3. The number of hydrogen-bond acceptors (Lipinski definition) is 8. The van der Waals surface area contributed by atoms with Gasteiger partial charge in [0.25, 0.3) is 11.8 Å². The fraction of sp³-hybridized carbons (Fsp3) is 0.120. The van der Waals surface area contributed by atoms with Crippen molar-refractivity contribution in [3.63, 3.8) is 0 Å². The monoisotopic (exact) mass is 476 g/mol. The second-order valence-electron chi connectivity index (χ2n) is 7.25. The quantitative estimate of drug-likeness (QED) is 0.313. The van der Waals surface area contributed by atoms with Crippen molar-refractivity contribution >= 4 is 35.6 Å². The number of hydrogen-bond donors (Lipinski definition) is 1. The number of nitrogens with zero attached hydrogens (tertiary/aromatic N) is 1. The van der Waals surface area contributed by atoms with Crippen LogP contribution in [-0.4, -0.2) is 38.0 Å². The number of imide groups is 2. The van der Waals surface area contributed by atoms with Crippen LogP contribution in [0.3, 0.4) is 0 Å². The normalized spacial score (nSPS) is 14.6. The van der Waals surface area contributed by atoms with E-state index < -0.39 is 23.8 Å². The summed E-state index contributed by atoms with van der Waals surface area (Å²) in [6.45, 7) is 0.0167. The zero-order valence-corrected chi connectivity index (χ0v) is 18.8. The summed E-state index contributed by atoms with van der Waals surface area (Å²) in [5.74, 6) is -0.994. The first-order chi connectivity index (χ1) is 16.9. The third kappa shape index (κ3) is 4.91. The van der Waals surface area contributed by atoms with Crippen LogP contribution in [0.5, 0.6) is 11.5 Å². The Bertz CT molecular complexity index is 1330. The zero-order valence-electron chi connectivity index (χ0n) is 18.8. The van der Waals surface area contributed by atoms with Gasteiger partial charge in [0, 0.05) is 0 Å². The first kappa shape index (κ1) is 23.3. The molecular formula is C25H20N2O8. The van der Waals surface area contributed by atoms with E-state index in [0.29, 0.717) is 28.5 Å². The average molecular weight is 476 g/mol. The van der Waals surface area contributed by atoms with E-state index in [9.17, 15) is 19.2 Å². The third-order valence-corrected chi connectivity index (χ3v) is 5.03. The zero-order chi connectivity index (χ0) is 24.9. The van der Waals surface area contributed by atoms with Gasteiger partial charge in [0.15, 0.2) is 11.5 Å². The van der Waals surface area contributed by atoms with Crippen molar-refractivity contribution in [3.8, 4) is 11.5 Å². The van der Waals surface area contributed by atoms with Crippen LogP contribution >= 0.6 is 0 Å². The van der Waals surface area contributed by atoms with Gasteiger partial charge in [0.1, 0.15) is 17.9 Å². The molecule has 10 nitrogen and oxygen atoms in total. The minimum atomic E-state index is -0.821. The Kier molecular flexibility index (Phi) is 6.63. The van der Waals surface area contributed by atoms with E-state index in [2.05, 4.69) is 10.1 Å². The van der Waals surface area contributed by atoms with E-state index in [4.69, 9.17) is 13.9 Å². The maximum Gasteiger partial charge on any atom is 0.373 e. The number of benzene rings is 2. The van der Waals surface area contributed by atoms with Gasteiger partial charge < -0.3 is 18.6 Å². The molecule has 0 saturated carbocycles. The third-order valence-electron chi connectivity index (χ3n) is 5.03. The van der Waals surface area contributed by atoms with E-state index in [-0.39, 0.29) is 17.9 Å². The highest BCUT2D eigenvalue weighted by atomic mass is 16.5. The molecule has 0 unspecified atom stereocenters. The van der Waals surface area contributed by atoms with Gasteiger partial charge in [-0.3, -0.25) is 14.9 Å². The van der Waals surface area contributed by atoms with E-state index in [1.165, 1.54) is 26.4 Å². The van der Waals surface area contributed by atoms with E-state index in [1.54, 1.807) is 54.6 Å². The molecule has 1 saturated heterocycles. The van der Waals surface area contributed by atoms with Crippen molar-refractivity contribution < 1.29 is 37.8 Å². The van der Waals surface area contributed by atoms with Crippen LogP contribution in [0.2, 0.25) is 0 Å². The van der Waals surface area contributed by atoms with Gasteiger partial charge in [-0.15, -0.1) is 0 Å². The number of amides is 4. The molecule has 4 amide bonds. The van der Waals surface area contributed by atoms with E-state index >= 15 is 0 Å². The van der Waals surface area contributed by atoms with Crippen LogP contribution in [0.25, 0.3) is 6.08 Å². The number of methoxy groups -OCH3 is 2. The number of urea groups is 1. The molecule has 1 aliphatic rings. The van der Waals surface area contributed by atoms with Gasteiger partial charge in [-0.25, -0.2) is 14.5 Å². The molecule has 10 heteroatoms. The van der Waals surface area contributed by atoms with Gasteiger partial charge in [-0.05, 0) is 48.0 Å². The number of nitrogens with one attached hydrogen (secondary N) is 1. The highest BCUT2D eigenvalue weighted by molar-refractivity contribution is 6.39. The Morgan fingerprint density at radius 3 is 2.49 bits per heavy atom. The van der Waals surface area contributed by atoms with Crippen LogP contribution in [-0.2, 0) is 20.9 Å². The lowest BCUT2D eigenvalue weighted by Crippen LogP contribution is -2.54. The molecule has 3 aromatic rings. The first-order valence-corrected chi connectivity index (χ1v) is 10.4. The number of carbonyl (C=O) groups is 4. The number of para-hydroxylation sites is 1. The maximum atomic E-state index is 13.0. The summed E-state index contributed by atoms with van der Waals surface area (Å²) in [4.78, 5) is 50.1.